The third-order valence-electron chi connectivity index (χ3n) is 6.05. The molecule has 1 aromatic carbocycles. The van der Waals surface area contributed by atoms with Crippen LogP contribution in [0.1, 0.15) is 24.2 Å². The summed E-state index contributed by atoms with van der Waals surface area (Å²) < 4.78 is 6.00. The Hall–Kier alpha value is -1.81. The van der Waals surface area contributed by atoms with Gasteiger partial charge in [-0.15, -0.1) is 24.0 Å². The monoisotopic (exact) mass is 525 g/mol. The number of benzene rings is 1. The number of hydrogen-bond acceptors (Lipinski definition) is 4. The van der Waals surface area contributed by atoms with Gasteiger partial charge in [0.1, 0.15) is 11.3 Å². The molecule has 30 heavy (non-hydrogen) atoms. The summed E-state index contributed by atoms with van der Waals surface area (Å²) >= 11 is 0. The molecule has 2 aliphatic heterocycles. The number of likely N-dealkylation sites (tertiary alicyclic amines) is 1. The van der Waals surface area contributed by atoms with Crippen LogP contribution in [-0.4, -0.2) is 79.4 Å². The van der Waals surface area contributed by atoms with Crippen molar-refractivity contribution in [3.8, 4) is 0 Å². The fraction of sp³-hybridized carbons (Fsp3) is 0.545. The summed E-state index contributed by atoms with van der Waals surface area (Å²) in [6.45, 7) is 8.60. The second kappa shape index (κ2) is 10.5. The maximum atomic E-state index is 12.4. The molecule has 164 valence electrons. The number of carbonyl (C=O) groups excluding carboxylic acids is 1. The molecule has 0 aliphatic carbocycles. The van der Waals surface area contributed by atoms with Gasteiger partial charge in [0.15, 0.2) is 5.96 Å². The zero-order chi connectivity index (χ0) is 20.2. The van der Waals surface area contributed by atoms with Gasteiger partial charge in [0.25, 0.3) is 0 Å². The molecule has 1 N–H and O–H groups in total. The lowest BCUT2D eigenvalue weighted by atomic mass is 10.1. The lowest BCUT2D eigenvalue weighted by Crippen LogP contribution is -2.54. The highest BCUT2D eigenvalue weighted by Crippen LogP contribution is 2.24. The molecule has 0 bridgehead atoms. The molecule has 1 amide bonds. The Morgan fingerprint density at radius 3 is 2.43 bits per heavy atom. The first-order valence-electron chi connectivity index (χ1n) is 10.6. The number of nitrogens with one attached hydrogen (secondary N) is 1. The number of halogens is 1. The van der Waals surface area contributed by atoms with E-state index in [4.69, 9.17) is 4.42 Å². The second-order valence-electron chi connectivity index (χ2n) is 7.90. The van der Waals surface area contributed by atoms with E-state index in [0.717, 1.165) is 74.8 Å². The molecule has 4 rings (SSSR count). The lowest BCUT2D eigenvalue weighted by molar-refractivity contribution is -0.131. The Morgan fingerprint density at radius 2 is 1.77 bits per heavy atom. The van der Waals surface area contributed by atoms with Gasteiger partial charge >= 0.3 is 0 Å². The molecule has 2 fully saturated rings. The fourth-order valence-electron chi connectivity index (χ4n) is 4.26. The van der Waals surface area contributed by atoms with Crippen molar-refractivity contribution in [2.45, 2.75) is 26.3 Å². The summed E-state index contributed by atoms with van der Waals surface area (Å²) in [4.78, 5) is 23.3. The summed E-state index contributed by atoms with van der Waals surface area (Å²) in [5.41, 5.74) is 2.10. The minimum Gasteiger partial charge on any atom is -0.459 e. The predicted octanol–water partition coefficient (Wildman–Crippen LogP) is 2.67. The highest BCUT2D eigenvalue weighted by molar-refractivity contribution is 14.0. The average molecular weight is 525 g/mol. The number of piperazine rings is 1. The Morgan fingerprint density at radius 1 is 1.07 bits per heavy atom. The minimum absolute atomic E-state index is 0. The molecular formula is C22H32IN5O2. The van der Waals surface area contributed by atoms with Gasteiger partial charge < -0.3 is 19.5 Å². The molecule has 0 saturated carbocycles. The number of aryl methyl sites for hydroxylation is 1. The van der Waals surface area contributed by atoms with Gasteiger partial charge in [0, 0.05) is 57.3 Å². The largest absolute Gasteiger partial charge is 0.459 e. The Bertz CT molecular complexity index is 883. The van der Waals surface area contributed by atoms with Crippen LogP contribution < -0.4 is 5.32 Å². The van der Waals surface area contributed by atoms with E-state index in [1.165, 1.54) is 5.56 Å². The average Bonchev–Trinajstić information content (AvgIpc) is 3.39. The van der Waals surface area contributed by atoms with Crippen LogP contribution in [0.4, 0.5) is 0 Å². The highest BCUT2D eigenvalue weighted by atomic mass is 127. The van der Waals surface area contributed by atoms with Crippen LogP contribution in [0.2, 0.25) is 0 Å². The summed E-state index contributed by atoms with van der Waals surface area (Å²) in [6.07, 6.45) is 2.29. The zero-order valence-electron chi connectivity index (χ0n) is 17.9. The standard InChI is InChI=1S/C22H31N5O2.HI/c1-17-18-7-3-4-8-19(18)29-20(17)15-24-22(23-2)27-13-11-25(12-14-27)16-21(28)26-9-5-6-10-26;/h3-4,7-8H,5-6,9-16H2,1-2H3,(H,23,24);1H. The van der Waals surface area contributed by atoms with Crippen LogP contribution in [0.3, 0.4) is 0 Å². The van der Waals surface area contributed by atoms with Crippen LogP contribution in [0.15, 0.2) is 33.7 Å². The second-order valence-corrected chi connectivity index (χ2v) is 7.90. The Balaban J connectivity index is 0.00000256. The van der Waals surface area contributed by atoms with Crippen molar-refractivity contribution in [2.75, 3.05) is 52.9 Å². The van der Waals surface area contributed by atoms with Gasteiger partial charge in [0.05, 0.1) is 13.1 Å². The first-order chi connectivity index (χ1) is 14.2. The first kappa shape index (κ1) is 22.9. The van der Waals surface area contributed by atoms with Crippen molar-refractivity contribution in [3.63, 3.8) is 0 Å². The quantitative estimate of drug-likeness (QED) is 0.378. The van der Waals surface area contributed by atoms with E-state index in [0.29, 0.717) is 13.1 Å². The molecule has 0 unspecified atom stereocenters. The van der Waals surface area contributed by atoms with Crippen LogP contribution in [-0.2, 0) is 11.3 Å². The Labute approximate surface area is 195 Å². The molecule has 2 aliphatic rings. The molecule has 2 saturated heterocycles. The van der Waals surface area contributed by atoms with E-state index in [1.54, 1.807) is 0 Å². The molecule has 7 nitrogen and oxygen atoms in total. The van der Waals surface area contributed by atoms with Gasteiger partial charge in [0.2, 0.25) is 5.91 Å². The van der Waals surface area contributed by atoms with Gasteiger partial charge in [-0.1, -0.05) is 18.2 Å². The lowest BCUT2D eigenvalue weighted by Gasteiger charge is -2.36. The molecule has 2 aromatic rings. The third kappa shape index (κ3) is 5.08. The van der Waals surface area contributed by atoms with E-state index < -0.39 is 0 Å². The van der Waals surface area contributed by atoms with Crippen molar-refractivity contribution >= 4 is 46.8 Å². The van der Waals surface area contributed by atoms with Crippen molar-refractivity contribution in [1.29, 1.82) is 0 Å². The van der Waals surface area contributed by atoms with Gasteiger partial charge in [-0.25, -0.2) is 0 Å². The normalized spacial score (nSPS) is 18.0. The Kier molecular flexibility index (Phi) is 7.99. The minimum atomic E-state index is 0. The predicted molar refractivity (Wildman–Crippen MR) is 130 cm³/mol. The summed E-state index contributed by atoms with van der Waals surface area (Å²) in [6, 6.07) is 8.13. The van der Waals surface area contributed by atoms with Crippen LogP contribution in [0.25, 0.3) is 11.0 Å². The first-order valence-corrected chi connectivity index (χ1v) is 10.6. The molecule has 0 radical (unpaired) electrons. The van der Waals surface area contributed by atoms with Crippen LogP contribution in [0, 0.1) is 6.92 Å². The van der Waals surface area contributed by atoms with Crippen molar-refractivity contribution < 1.29 is 9.21 Å². The van der Waals surface area contributed by atoms with E-state index in [9.17, 15) is 4.79 Å². The van der Waals surface area contributed by atoms with Crippen LogP contribution >= 0.6 is 24.0 Å². The number of para-hydroxylation sites is 1. The van der Waals surface area contributed by atoms with Crippen molar-refractivity contribution in [1.82, 2.24) is 20.0 Å². The molecule has 0 spiro atoms. The number of furan rings is 1. The summed E-state index contributed by atoms with van der Waals surface area (Å²) in [7, 11) is 1.82. The number of nitrogens with zero attached hydrogens (tertiary/aromatic N) is 4. The molecular weight excluding hydrogens is 493 g/mol. The maximum Gasteiger partial charge on any atom is 0.236 e. The summed E-state index contributed by atoms with van der Waals surface area (Å²) in [5.74, 6) is 2.11. The zero-order valence-corrected chi connectivity index (χ0v) is 20.2. The van der Waals surface area contributed by atoms with Crippen molar-refractivity contribution in [2.24, 2.45) is 4.99 Å². The van der Waals surface area contributed by atoms with Gasteiger partial charge in [-0.3, -0.25) is 14.7 Å². The third-order valence-corrected chi connectivity index (χ3v) is 6.05. The van der Waals surface area contributed by atoms with Crippen LogP contribution in [0.5, 0.6) is 0 Å². The summed E-state index contributed by atoms with van der Waals surface area (Å²) in [5, 5.41) is 4.61. The maximum absolute atomic E-state index is 12.4. The van der Waals surface area contributed by atoms with E-state index in [-0.39, 0.29) is 29.9 Å². The number of rotatable bonds is 4. The van der Waals surface area contributed by atoms with E-state index >= 15 is 0 Å². The van der Waals surface area contributed by atoms with Crippen molar-refractivity contribution in [3.05, 3.63) is 35.6 Å². The molecule has 0 atom stereocenters. The molecule has 8 heteroatoms. The van der Waals surface area contributed by atoms with Gasteiger partial charge in [-0.05, 0) is 25.8 Å². The number of carbonyl (C=O) groups is 1. The number of amides is 1. The number of hydrogen-bond donors (Lipinski definition) is 1. The topological polar surface area (TPSA) is 64.3 Å². The highest BCUT2D eigenvalue weighted by Gasteiger charge is 2.24. The van der Waals surface area contributed by atoms with E-state index in [1.807, 2.05) is 30.1 Å². The van der Waals surface area contributed by atoms with E-state index in [2.05, 4.69) is 33.1 Å². The smallest absolute Gasteiger partial charge is 0.236 e. The number of guanidine groups is 1. The van der Waals surface area contributed by atoms with Gasteiger partial charge in [-0.2, -0.15) is 0 Å². The fourth-order valence-corrected chi connectivity index (χ4v) is 4.26. The molecule has 1 aromatic heterocycles. The SMILES string of the molecule is CN=C(NCc1oc2ccccc2c1C)N1CCN(CC(=O)N2CCCC2)CC1.I. The number of fused-ring (bicyclic) bond motifs is 1. The number of aliphatic imine (C=N–C) groups is 1. The molecule has 3 heterocycles.